The topological polar surface area (TPSA) is 165 Å². The van der Waals surface area contributed by atoms with Crippen molar-refractivity contribution in [3.05, 3.63) is 244 Å². The fourth-order valence-electron chi connectivity index (χ4n) is 13.0. The molecular weight excluding hydrogens is 1210 g/mol. The van der Waals surface area contributed by atoms with Crippen molar-refractivity contribution in [2.45, 2.75) is 129 Å². The Morgan fingerprint density at radius 3 is 1.62 bits per heavy atom. The molecule has 3 N–H and O–H groups in total. The van der Waals surface area contributed by atoms with Gasteiger partial charge in [-0.2, -0.15) is 4.31 Å². The molecule has 3 aliphatic rings. The molecule has 1 unspecified atom stereocenters. The zero-order valence-electron chi connectivity index (χ0n) is 55.5. The largest absolute Gasteiger partial charge is 0.508 e. The van der Waals surface area contributed by atoms with Gasteiger partial charge in [0.1, 0.15) is 34.9 Å². The van der Waals surface area contributed by atoms with Crippen molar-refractivity contribution in [1.29, 1.82) is 0 Å². The van der Waals surface area contributed by atoms with E-state index in [2.05, 4.69) is 91.7 Å². The van der Waals surface area contributed by atoms with Crippen LogP contribution in [0.3, 0.4) is 0 Å². The third kappa shape index (κ3) is 22.3. The van der Waals surface area contributed by atoms with Gasteiger partial charge in [-0.15, -0.1) is 0 Å². The van der Waals surface area contributed by atoms with E-state index >= 15 is 0 Å². The van der Waals surface area contributed by atoms with E-state index in [9.17, 15) is 22.3 Å². The number of aromatic nitrogens is 6. The second-order valence-corrected chi connectivity index (χ2v) is 27.6. The summed E-state index contributed by atoms with van der Waals surface area (Å²) in [6.45, 7) is 14.9. The Kier molecular flexibility index (Phi) is 26.2. The molecule has 0 radical (unpaired) electrons. The minimum absolute atomic E-state index is 0.179. The van der Waals surface area contributed by atoms with Crippen molar-refractivity contribution in [2.75, 3.05) is 58.6 Å². The van der Waals surface area contributed by atoms with Crippen LogP contribution in [0, 0.1) is 24.5 Å². The molecule has 498 valence electrons. The lowest BCUT2D eigenvalue weighted by molar-refractivity contribution is 0.149. The van der Waals surface area contributed by atoms with E-state index in [0.29, 0.717) is 37.2 Å². The first-order valence-electron chi connectivity index (χ1n) is 34.1. The summed E-state index contributed by atoms with van der Waals surface area (Å²) in [6, 6.07) is 50.8. The van der Waals surface area contributed by atoms with Crippen LogP contribution < -0.4 is 10.6 Å². The van der Waals surface area contributed by atoms with E-state index in [1.54, 1.807) is 40.8 Å². The van der Waals surface area contributed by atoms with E-state index in [-0.39, 0.29) is 11.6 Å². The Morgan fingerprint density at radius 2 is 1.05 bits per heavy atom. The Labute approximate surface area is 561 Å². The maximum Gasteiger partial charge on any atom is 0.211 e. The fraction of sp³-hybridized carbons (Fsp3) is 0.385. The lowest BCUT2D eigenvalue weighted by atomic mass is 10.0. The average molecular weight is 1300 g/mol. The number of phenols is 1. The highest BCUT2D eigenvalue weighted by Gasteiger charge is 2.25. The van der Waals surface area contributed by atoms with Crippen LogP contribution in [0.1, 0.15) is 115 Å². The van der Waals surface area contributed by atoms with Crippen molar-refractivity contribution in [3.63, 3.8) is 0 Å². The second kappa shape index (κ2) is 35.6. The van der Waals surface area contributed by atoms with Gasteiger partial charge in [-0.05, 0) is 182 Å². The fourth-order valence-corrected chi connectivity index (χ4v) is 13.8. The molecule has 0 amide bonds. The summed E-state index contributed by atoms with van der Waals surface area (Å²) >= 11 is 0. The average Bonchev–Trinajstić information content (AvgIpc) is 1.01. The van der Waals surface area contributed by atoms with Gasteiger partial charge in [0.2, 0.25) is 10.0 Å². The van der Waals surface area contributed by atoms with Gasteiger partial charge in [0.05, 0.1) is 23.3 Å². The number of piperazine rings is 2. The van der Waals surface area contributed by atoms with Crippen LogP contribution in [0.2, 0.25) is 0 Å². The van der Waals surface area contributed by atoms with Crippen LogP contribution in [-0.2, 0) is 68.2 Å². The number of hydrogen-bond donors (Lipinski definition) is 3. The van der Waals surface area contributed by atoms with Gasteiger partial charge >= 0.3 is 0 Å². The molecule has 2 saturated heterocycles. The zero-order chi connectivity index (χ0) is 66.2. The third-order valence-electron chi connectivity index (χ3n) is 18.1. The normalized spacial score (nSPS) is 15.5. The molecule has 0 spiro atoms. The molecule has 5 heterocycles. The third-order valence-corrected chi connectivity index (χ3v) is 19.4. The summed E-state index contributed by atoms with van der Waals surface area (Å²) in [5.74, 6) is 2.84. The minimum Gasteiger partial charge on any atom is -0.508 e. The Bertz CT molecular complexity index is 4000. The van der Waals surface area contributed by atoms with Crippen LogP contribution in [0.15, 0.2) is 176 Å². The molecule has 3 fully saturated rings. The molecule has 17 heteroatoms. The van der Waals surface area contributed by atoms with E-state index < -0.39 is 10.0 Å². The predicted octanol–water partition coefficient (Wildman–Crippen LogP) is 13.8. The summed E-state index contributed by atoms with van der Waals surface area (Å²) in [7, 11) is -3.29. The molecule has 6 aromatic carbocycles. The predicted molar refractivity (Wildman–Crippen MR) is 377 cm³/mol. The quantitative estimate of drug-likeness (QED) is 0.0495. The number of nitrogens with zero attached hydrogens (tertiary/aromatic N) is 9. The van der Waals surface area contributed by atoms with Gasteiger partial charge in [-0.1, -0.05) is 105 Å². The molecule has 95 heavy (non-hydrogen) atoms. The van der Waals surface area contributed by atoms with Crippen LogP contribution >= 0.6 is 0 Å². The maximum atomic E-state index is 13.4. The van der Waals surface area contributed by atoms with Crippen LogP contribution in [0.5, 0.6) is 5.75 Å². The van der Waals surface area contributed by atoms with Crippen molar-refractivity contribution < 1.29 is 22.3 Å². The number of aryl methyl sites for hydroxylation is 7. The number of sulfonamides is 1. The molecular formula is C78H93F2N11O3S. The lowest BCUT2D eigenvalue weighted by Crippen LogP contribution is -2.50. The van der Waals surface area contributed by atoms with Gasteiger partial charge in [-0.3, -0.25) is 9.80 Å². The Hall–Kier alpha value is -8.03. The molecule has 2 aliphatic heterocycles. The van der Waals surface area contributed by atoms with Crippen LogP contribution in [-0.4, -0.2) is 122 Å². The maximum absolute atomic E-state index is 13.4. The highest BCUT2D eigenvalue weighted by atomic mass is 32.2. The molecule has 3 aromatic heterocycles. The number of aromatic hydroxyl groups is 1. The van der Waals surface area contributed by atoms with Crippen molar-refractivity contribution in [1.82, 2.24) is 54.6 Å². The first kappa shape index (κ1) is 69.8. The van der Waals surface area contributed by atoms with Gasteiger partial charge in [0.15, 0.2) is 0 Å². The molecule has 1 saturated carbocycles. The van der Waals surface area contributed by atoms with E-state index in [1.807, 2.05) is 85.2 Å². The molecule has 0 bridgehead atoms. The standard InChI is InChI=1S/C27H32FN3O2S.C27H34N4O.C24H27FN4/c1-34(32,33)31(19-22-7-2-3-8-22)20-23-11-4-12-24(17-23)26-15-16-29-27(30-26)14-6-10-21-9-5-13-25(28)18-21;1-3-23-18-28-14-15-31(23)19-22-11-10-20(2)25(17-22)26-12-13-29-27(30-26)9-5-7-21-6-4-8-24(32)16-21;25-22-8-2-4-19(17-22)5-3-9-24-27-11-10-23(28-24)21-7-1-6-20(16-21)18-29-14-12-26-13-15-29/h4-5,9,11-13,15-18,22H,2-3,6-8,10,14,19-20H2,1H3;4,6,8,10-13,16-17,23,28,32H,3,5,7,9,14-15,18-19H2,1-2H3;1-2,4,6-8,10-11,16-17,26H,3,5,9,12-15,18H2. The monoisotopic (exact) mass is 1300 g/mol. The summed E-state index contributed by atoms with van der Waals surface area (Å²) in [6.07, 6.45) is 20.0. The van der Waals surface area contributed by atoms with Gasteiger partial charge in [0.25, 0.3) is 0 Å². The highest BCUT2D eigenvalue weighted by molar-refractivity contribution is 7.88. The van der Waals surface area contributed by atoms with Gasteiger partial charge < -0.3 is 15.7 Å². The molecule has 9 aromatic rings. The zero-order valence-corrected chi connectivity index (χ0v) is 56.3. The Balaban J connectivity index is 0.000000156. The molecule has 14 nitrogen and oxygen atoms in total. The number of halogens is 2. The molecule has 1 atom stereocenters. The Morgan fingerprint density at radius 1 is 0.547 bits per heavy atom. The van der Waals surface area contributed by atoms with Gasteiger partial charge in [0, 0.05) is 133 Å². The number of rotatable bonds is 25. The smallest absolute Gasteiger partial charge is 0.211 e. The van der Waals surface area contributed by atoms with E-state index in [1.165, 1.54) is 59.9 Å². The molecule has 1 aliphatic carbocycles. The lowest BCUT2D eigenvalue weighted by Gasteiger charge is -2.35. The second-order valence-electron chi connectivity index (χ2n) is 25.6. The summed E-state index contributed by atoms with van der Waals surface area (Å²) in [4.78, 5) is 32.8. The van der Waals surface area contributed by atoms with Crippen molar-refractivity contribution in [2.24, 2.45) is 5.92 Å². The van der Waals surface area contributed by atoms with E-state index in [4.69, 9.17) is 15.0 Å². The van der Waals surface area contributed by atoms with Crippen molar-refractivity contribution in [3.8, 4) is 39.5 Å². The van der Waals surface area contributed by atoms with Crippen molar-refractivity contribution >= 4 is 10.0 Å². The number of nitrogens with one attached hydrogen (secondary N) is 2. The summed E-state index contributed by atoms with van der Waals surface area (Å²) in [5.41, 5.74) is 14.0. The summed E-state index contributed by atoms with van der Waals surface area (Å²) in [5, 5.41) is 16.6. The number of phenolic OH excluding ortho intramolecular Hbond substituents is 1. The number of benzene rings is 6. The first-order valence-corrected chi connectivity index (χ1v) is 35.9. The number of hydrogen-bond acceptors (Lipinski definition) is 13. The van der Waals surface area contributed by atoms with Crippen LogP contribution in [0.25, 0.3) is 33.8 Å². The summed E-state index contributed by atoms with van der Waals surface area (Å²) < 4.78 is 53.2. The SMILES string of the molecule is CCC1CNCCN1Cc1ccc(C)c(-c2ccnc(CCCc3cccc(O)c3)n2)c1.CS(=O)(=O)N(Cc1cccc(-c2ccnc(CCCc3cccc(F)c3)n2)c1)CC1CCCC1.Fc1cccc(CCCc2nccc(-c3cccc(CN4CCNCC4)c3)n2)c1. The van der Waals surface area contributed by atoms with Gasteiger partial charge in [-0.25, -0.2) is 47.1 Å². The minimum atomic E-state index is -3.29. The highest BCUT2D eigenvalue weighted by Crippen LogP contribution is 2.29. The van der Waals surface area contributed by atoms with E-state index in [0.717, 1.165) is 191 Å². The first-order chi connectivity index (χ1) is 46.2. The van der Waals surface area contributed by atoms with Crippen LogP contribution in [0.4, 0.5) is 8.78 Å². The molecule has 12 rings (SSSR count).